The number of carboxylic acids is 1. The summed E-state index contributed by atoms with van der Waals surface area (Å²) < 4.78 is 4.68. The van der Waals surface area contributed by atoms with Crippen molar-refractivity contribution in [3.05, 3.63) is 0 Å². The van der Waals surface area contributed by atoms with E-state index in [-0.39, 0.29) is 12.4 Å². The summed E-state index contributed by atoms with van der Waals surface area (Å²) >= 11 is 6.34. The Labute approximate surface area is 113 Å². The van der Waals surface area contributed by atoms with Crippen molar-refractivity contribution in [2.75, 3.05) is 17.3 Å². The van der Waals surface area contributed by atoms with Crippen molar-refractivity contribution < 1.29 is 19.4 Å². The predicted molar refractivity (Wildman–Crippen MR) is 70.3 cm³/mol. The first-order valence-electron chi connectivity index (χ1n) is 5.07. The van der Waals surface area contributed by atoms with Crippen LogP contribution in [0.5, 0.6) is 0 Å². The molecule has 6 heteroatoms. The summed E-state index contributed by atoms with van der Waals surface area (Å²) in [5.74, 6) is -0.823. The first-order chi connectivity index (χ1) is 7.58. The van der Waals surface area contributed by atoms with Crippen molar-refractivity contribution in [2.45, 2.75) is 32.6 Å². The van der Waals surface area contributed by atoms with E-state index >= 15 is 0 Å². The molecule has 0 rings (SSSR count). The standard InChI is InChI=1S/C6H11BrO2.C4H7BrO2/c1-2-9-6(8)4-3-5-7;5-3-1-2-4(6)7/h2-5H2,1H3;1-3H2,(H,6,7). The summed E-state index contributed by atoms with van der Waals surface area (Å²) in [6.45, 7) is 2.30. The lowest BCUT2D eigenvalue weighted by Crippen LogP contribution is -2.03. The van der Waals surface area contributed by atoms with Crippen LogP contribution in [0.15, 0.2) is 0 Å². The minimum atomic E-state index is -0.723. The molecule has 0 saturated carbocycles. The van der Waals surface area contributed by atoms with Gasteiger partial charge in [0.1, 0.15) is 0 Å². The van der Waals surface area contributed by atoms with Gasteiger partial charge in [0.15, 0.2) is 0 Å². The van der Waals surface area contributed by atoms with Gasteiger partial charge in [0.05, 0.1) is 6.61 Å². The van der Waals surface area contributed by atoms with Crippen molar-refractivity contribution in [3.63, 3.8) is 0 Å². The molecule has 0 aromatic carbocycles. The third-order valence-electron chi connectivity index (χ3n) is 1.34. The number of rotatable bonds is 7. The van der Waals surface area contributed by atoms with Gasteiger partial charge in [-0.1, -0.05) is 31.9 Å². The van der Waals surface area contributed by atoms with Crippen LogP contribution < -0.4 is 0 Å². The van der Waals surface area contributed by atoms with Crippen LogP contribution in [-0.2, 0) is 14.3 Å². The first kappa shape index (κ1) is 18.3. The Kier molecular flexibility index (Phi) is 17.0. The van der Waals surface area contributed by atoms with Crippen LogP contribution in [0.3, 0.4) is 0 Å². The second-order valence-electron chi connectivity index (χ2n) is 2.78. The molecule has 0 radical (unpaired) electrons. The summed E-state index contributed by atoms with van der Waals surface area (Å²) in [7, 11) is 0. The number of carbonyl (C=O) groups is 2. The number of ether oxygens (including phenoxy) is 1. The SMILES string of the molecule is CCOC(=O)CCCBr.O=C(O)CCCBr. The fraction of sp³-hybridized carbons (Fsp3) is 0.800. The molecule has 0 aliphatic rings. The lowest BCUT2D eigenvalue weighted by atomic mass is 10.3. The molecule has 96 valence electrons. The summed E-state index contributed by atoms with van der Waals surface area (Å²) in [6.07, 6.45) is 2.37. The number of esters is 1. The van der Waals surface area contributed by atoms with Gasteiger partial charge < -0.3 is 9.84 Å². The highest BCUT2D eigenvalue weighted by molar-refractivity contribution is 9.09. The molecular formula is C10H18Br2O4. The Hall–Kier alpha value is -0.100. The third-order valence-corrected chi connectivity index (χ3v) is 2.47. The van der Waals surface area contributed by atoms with E-state index < -0.39 is 5.97 Å². The predicted octanol–water partition coefficient (Wildman–Crippen LogP) is 2.97. The highest BCUT2D eigenvalue weighted by Crippen LogP contribution is 1.95. The van der Waals surface area contributed by atoms with E-state index in [1.54, 1.807) is 0 Å². The van der Waals surface area contributed by atoms with Crippen LogP contribution in [-0.4, -0.2) is 34.3 Å². The maximum atomic E-state index is 10.6. The van der Waals surface area contributed by atoms with Gasteiger partial charge in [0.25, 0.3) is 0 Å². The summed E-state index contributed by atoms with van der Waals surface area (Å²) in [5.41, 5.74) is 0. The molecule has 0 fully saturated rings. The van der Waals surface area contributed by atoms with Crippen LogP contribution in [0.1, 0.15) is 32.6 Å². The Balaban J connectivity index is 0. The van der Waals surface area contributed by atoms with Crippen LogP contribution in [0, 0.1) is 0 Å². The molecule has 0 aromatic heterocycles. The molecule has 0 aliphatic heterocycles. The van der Waals surface area contributed by atoms with Gasteiger partial charge in [0.2, 0.25) is 0 Å². The minimum Gasteiger partial charge on any atom is -0.481 e. The molecule has 1 N–H and O–H groups in total. The van der Waals surface area contributed by atoms with Crippen molar-refractivity contribution in [1.82, 2.24) is 0 Å². The molecule has 16 heavy (non-hydrogen) atoms. The van der Waals surface area contributed by atoms with E-state index in [2.05, 4.69) is 36.6 Å². The van der Waals surface area contributed by atoms with Gasteiger partial charge in [0, 0.05) is 23.5 Å². The quantitative estimate of drug-likeness (QED) is 0.559. The Bertz CT molecular complexity index is 186. The second kappa shape index (κ2) is 14.9. The van der Waals surface area contributed by atoms with E-state index in [1.807, 2.05) is 6.92 Å². The van der Waals surface area contributed by atoms with Crippen molar-refractivity contribution >= 4 is 43.8 Å². The summed E-state index contributed by atoms with van der Waals surface area (Å²) in [5, 5.41) is 9.67. The molecule has 0 spiro atoms. The maximum absolute atomic E-state index is 10.6. The molecule has 4 nitrogen and oxygen atoms in total. The summed E-state index contributed by atoms with van der Waals surface area (Å²) in [4.78, 5) is 20.3. The highest BCUT2D eigenvalue weighted by Gasteiger charge is 1.97. The molecule has 0 aliphatic carbocycles. The normalized spacial score (nSPS) is 8.94. The molecule has 0 aromatic rings. The van der Waals surface area contributed by atoms with Gasteiger partial charge in [-0.2, -0.15) is 0 Å². The number of hydrogen-bond acceptors (Lipinski definition) is 3. The van der Waals surface area contributed by atoms with E-state index in [1.165, 1.54) is 0 Å². The molecule has 0 amide bonds. The molecule has 0 atom stereocenters. The van der Waals surface area contributed by atoms with Crippen molar-refractivity contribution in [1.29, 1.82) is 0 Å². The average Bonchev–Trinajstić information content (AvgIpc) is 2.25. The summed E-state index contributed by atoms with van der Waals surface area (Å²) in [6, 6.07) is 0. The molecule has 0 heterocycles. The Morgan fingerprint density at radius 2 is 1.62 bits per heavy atom. The Morgan fingerprint density at radius 3 is 1.94 bits per heavy atom. The van der Waals surface area contributed by atoms with Crippen molar-refractivity contribution in [3.8, 4) is 0 Å². The molecule has 0 bridgehead atoms. The molecule has 0 unspecified atom stereocenters. The van der Waals surface area contributed by atoms with Crippen LogP contribution >= 0.6 is 31.9 Å². The van der Waals surface area contributed by atoms with Gasteiger partial charge in [-0.3, -0.25) is 9.59 Å². The fourth-order valence-corrected chi connectivity index (χ4v) is 1.22. The number of carbonyl (C=O) groups excluding carboxylic acids is 1. The average molecular weight is 362 g/mol. The number of aliphatic carboxylic acids is 1. The van der Waals surface area contributed by atoms with Gasteiger partial charge in [-0.25, -0.2) is 0 Å². The monoisotopic (exact) mass is 360 g/mol. The highest BCUT2D eigenvalue weighted by atomic mass is 79.9. The van der Waals surface area contributed by atoms with Crippen LogP contribution in [0.4, 0.5) is 0 Å². The number of alkyl halides is 2. The zero-order valence-electron chi connectivity index (χ0n) is 9.38. The molecule has 0 saturated heterocycles. The fourth-order valence-electron chi connectivity index (χ4n) is 0.662. The number of carboxylic acid groups (broad SMARTS) is 1. The van der Waals surface area contributed by atoms with E-state index in [0.717, 1.165) is 23.5 Å². The zero-order chi connectivity index (χ0) is 12.8. The molecular weight excluding hydrogens is 344 g/mol. The largest absolute Gasteiger partial charge is 0.481 e. The number of halogens is 2. The number of hydrogen-bond donors (Lipinski definition) is 1. The van der Waals surface area contributed by atoms with Crippen LogP contribution in [0.2, 0.25) is 0 Å². The zero-order valence-corrected chi connectivity index (χ0v) is 12.5. The smallest absolute Gasteiger partial charge is 0.305 e. The first-order valence-corrected chi connectivity index (χ1v) is 7.32. The van der Waals surface area contributed by atoms with Crippen molar-refractivity contribution in [2.24, 2.45) is 0 Å². The van der Waals surface area contributed by atoms with Gasteiger partial charge in [-0.15, -0.1) is 0 Å². The minimum absolute atomic E-state index is 0.100. The second-order valence-corrected chi connectivity index (χ2v) is 4.37. The van der Waals surface area contributed by atoms with E-state index in [9.17, 15) is 9.59 Å². The van der Waals surface area contributed by atoms with E-state index in [4.69, 9.17) is 5.11 Å². The van der Waals surface area contributed by atoms with Crippen LogP contribution in [0.25, 0.3) is 0 Å². The Morgan fingerprint density at radius 1 is 1.12 bits per heavy atom. The van der Waals surface area contributed by atoms with E-state index in [0.29, 0.717) is 13.0 Å². The topological polar surface area (TPSA) is 63.6 Å². The van der Waals surface area contributed by atoms with Gasteiger partial charge >= 0.3 is 11.9 Å². The maximum Gasteiger partial charge on any atom is 0.305 e. The van der Waals surface area contributed by atoms with Gasteiger partial charge in [-0.05, 0) is 19.8 Å². The lowest BCUT2D eigenvalue weighted by molar-refractivity contribution is -0.143. The third kappa shape index (κ3) is 19.5. The lowest BCUT2D eigenvalue weighted by Gasteiger charge is -1.97.